The molecule has 87 heavy (non-hydrogen) atoms. The van der Waals surface area contributed by atoms with Gasteiger partial charge in [0.15, 0.2) is 17.5 Å². The molecule has 0 spiro atoms. The summed E-state index contributed by atoms with van der Waals surface area (Å²) in [4.78, 5) is 16.5. The number of allylic oxidation sites excluding steroid dienone is 8. The smallest absolute Gasteiger partial charge is 0.164 e. The third kappa shape index (κ3) is 8.67. The van der Waals surface area contributed by atoms with Gasteiger partial charge in [-0.05, 0) is 112 Å². The van der Waals surface area contributed by atoms with E-state index in [-0.39, 0.29) is 12.0 Å². The molecule has 0 fully saturated rings. The van der Waals surface area contributed by atoms with Crippen molar-refractivity contribution in [1.82, 2.24) is 24.1 Å². The van der Waals surface area contributed by atoms with E-state index in [2.05, 4.69) is 306 Å². The molecule has 2 aliphatic carbocycles. The van der Waals surface area contributed by atoms with Crippen molar-refractivity contribution < 1.29 is 4.42 Å². The second-order valence-electron chi connectivity index (χ2n) is 22.9. The molecule has 0 aliphatic heterocycles. The van der Waals surface area contributed by atoms with Crippen molar-refractivity contribution in [3.63, 3.8) is 0 Å². The van der Waals surface area contributed by atoms with Crippen molar-refractivity contribution in [1.29, 1.82) is 0 Å². The molecule has 410 valence electrons. The molecule has 6 nitrogen and oxygen atoms in total. The lowest BCUT2D eigenvalue weighted by molar-refractivity contribution is 0.648. The minimum Gasteiger partial charge on any atom is -0.455 e. The molecule has 0 amide bonds. The Balaban J connectivity index is 0.911. The van der Waals surface area contributed by atoms with Crippen LogP contribution in [0.3, 0.4) is 0 Å². The van der Waals surface area contributed by atoms with E-state index < -0.39 is 0 Å². The van der Waals surface area contributed by atoms with Crippen LogP contribution < -0.4 is 0 Å². The summed E-state index contributed by atoms with van der Waals surface area (Å²) in [7, 11) is 0. The van der Waals surface area contributed by atoms with Gasteiger partial charge in [0.25, 0.3) is 0 Å². The van der Waals surface area contributed by atoms with Crippen molar-refractivity contribution in [2.24, 2.45) is 0 Å². The molecule has 11 aromatic carbocycles. The van der Waals surface area contributed by atoms with Crippen molar-refractivity contribution >= 4 is 65.6 Å². The molecule has 2 unspecified atom stereocenters. The summed E-state index contributed by atoms with van der Waals surface area (Å²) in [6, 6.07) is 89.8. The van der Waals surface area contributed by atoms with E-state index in [9.17, 15) is 0 Å². The van der Waals surface area contributed by atoms with Gasteiger partial charge in [-0.1, -0.05) is 237 Å². The van der Waals surface area contributed by atoms with Crippen molar-refractivity contribution in [3.05, 3.63) is 303 Å². The zero-order chi connectivity index (χ0) is 57.4. The fraction of sp³-hybridized carbons (Fsp3) is 0.0494. The van der Waals surface area contributed by atoms with E-state index in [0.29, 0.717) is 17.5 Å². The van der Waals surface area contributed by atoms with Gasteiger partial charge in [-0.3, -0.25) is 0 Å². The lowest BCUT2D eigenvalue weighted by Crippen LogP contribution is -2.06. The van der Waals surface area contributed by atoms with Gasteiger partial charge in [-0.25, -0.2) is 15.0 Å². The SMILES string of the molecule is C1=CCC(c2cc(-c3ccccc3)cc(-c3nc(-c4ccc(-c5ccccc5)cc4)nc(-c4cc(-c5ccccc5)c(-n5c6ccccc6c6c7oc8cc9c%10ccccc%10n(C%10C=CC=CC%10)c9cc8c7ccc65)c(-c5ccccc5)c4)n3)c2)C=C1. The molecule has 0 bridgehead atoms. The van der Waals surface area contributed by atoms with Crippen LogP contribution in [0.25, 0.3) is 150 Å². The quantitative estimate of drug-likeness (QED) is 0.137. The number of para-hydroxylation sites is 2. The van der Waals surface area contributed by atoms with E-state index >= 15 is 0 Å². The largest absolute Gasteiger partial charge is 0.455 e. The second-order valence-corrected chi connectivity index (χ2v) is 22.9. The monoisotopic (exact) mass is 1110 g/mol. The number of fused-ring (bicyclic) bond motifs is 10. The summed E-state index contributed by atoms with van der Waals surface area (Å²) in [6.45, 7) is 0. The van der Waals surface area contributed by atoms with Gasteiger partial charge in [0, 0.05) is 66.2 Å². The fourth-order valence-electron chi connectivity index (χ4n) is 13.6. The first-order valence-electron chi connectivity index (χ1n) is 30.0. The Morgan fingerprint density at radius 1 is 0.345 bits per heavy atom. The minimum absolute atomic E-state index is 0.202. The zero-order valence-corrected chi connectivity index (χ0v) is 47.5. The molecular weight excluding hydrogens is 1060 g/mol. The number of nitrogens with zero attached hydrogens (tertiary/aromatic N) is 5. The summed E-state index contributed by atoms with van der Waals surface area (Å²) < 4.78 is 12.2. The number of hydrogen-bond acceptors (Lipinski definition) is 4. The Morgan fingerprint density at radius 3 is 1.53 bits per heavy atom. The van der Waals surface area contributed by atoms with Gasteiger partial charge in [0.2, 0.25) is 0 Å². The summed E-state index contributed by atoms with van der Waals surface area (Å²) in [5, 5.41) is 6.79. The summed E-state index contributed by atoms with van der Waals surface area (Å²) in [5.41, 5.74) is 19.9. The average Bonchev–Trinajstić information content (AvgIpc) is 1.63. The highest BCUT2D eigenvalue weighted by Gasteiger charge is 2.27. The highest BCUT2D eigenvalue weighted by molar-refractivity contribution is 6.26. The minimum atomic E-state index is 0.202. The maximum atomic E-state index is 7.26. The first kappa shape index (κ1) is 50.3. The number of rotatable bonds is 10. The molecule has 6 heteroatoms. The highest BCUT2D eigenvalue weighted by atomic mass is 16.3. The maximum absolute atomic E-state index is 7.26. The molecule has 4 aromatic heterocycles. The normalized spacial score (nSPS) is 14.9. The lowest BCUT2D eigenvalue weighted by Gasteiger charge is -2.21. The zero-order valence-electron chi connectivity index (χ0n) is 47.5. The van der Waals surface area contributed by atoms with Gasteiger partial charge in [0.1, 0.15) is 11.2 Å². The Labute approximate surface area is 503 Å². The van der Waals surface area contributed by atoms with Crippen LogP contribution in [0.1, 0.15) is 30.4 Å². The molecule has 0 radical (unpaired) electrons. The number of hydrogen-bond donors (Lipinski definition) is 0. The average molecular weight is 1110 g/mol. The van der Waals surface area contributed by atoms with Crippen molar-refractivity contribution in [3.8, 4) is 84.4 Å². The number of furan rings is 1. The van der Waals surface area contributed by atoms with Crippen LogP contribution in [0.15, 0.2) is 302 Å². The van der Waals surface area contributed by atoms with Crippen LogP contribution in [-0.2, 0) is 0 Å². The number of benzene rings is 11. The first-order chi connectivity index (χ1) is 43.1. The molecule has 0 saturated heterocycles. The lowest BCUT2D eigenvalue weighted by atomic mass is 9.88. The van der Waals surface area contributed by atoms with Crippen LogP contribution in [0.5, 0.6) is 0 Å². The Bertz CT molecular complexity index is 5260. The molecular formula is C81H55N5O. The topological polar surface area (TPSA) is 61.7 Å². The predicted molar refractivity (Wildman–Crippen MR) is 360 cm³/mol. The molecule has 2 aliphatic rings. The third-order valence-corrected chi connectivity index (χ3v) is 17.8. The Hall–Kier alpha value is -11.2. The van der Waals surface area contributed by atoms with Crippen molar-refractivity contribution in [2.45, 2.75) is 24.8 Å². The molecule has 0 saturated carbocycles. The van der Waals surface area contributed by atoms with Crippen LogP contribution in [0, 0.1) is 0 Å². The summed E-state index contributed by atoms with van der Waals surface area (Å²) in [6.07, 6.45) is 19.6. The van der Waals surface area contributed by atoms with Gasteiger partial charge in [-0.15, -0.1) is 0 Å². The summed E-state index contributed by atoms with van der Waals surface area (Å²) >= 11 is 0. The van der Waals surface area contributed by atoms with Crippen LogP contribution in [-0.4, -0.2) is 24.1 Å². The van der Waals surface area contributed by atoms with E-state index in [1.54, 1.807) is 0 Å². The van der Waals surface area contributed by atoms with Gasteiger partial charge in [-0.2, -0.15) is 0 Å². The molecule has 17 rings (SSSR count). The first-order valence-corrected chi connectivity index (χ1v) is 30.0. The Morgan fingerprint density at radius 2 is 0.885 bits per heavy atom. The van der Waals surface area contributed by atoms with E-state index in [1.807, 2.05) is 0 Å². The predicted octanol–water partition coefficient (Wildman–Crippen LogP) is 21.3. The van der Waals surface area contributed by atoms with E-state index in [4.69, 9.17) is 19.4 Å². The van der Waals surface area contributed by atoms with Crippen LogP contribution in [0.4, 0.5) is 0 Å². The standard InChI is InChI=1S/C81H55N5O/c1-7-23-52(24-8-1)55-39-41-58(42-40-55)79-82-80(61-46-59(53-25-9-2-10-26-53)45-60(47-61)54-27-11-3-12-28-54)84-81(83-79)62-48-67(56-29-13-4-14-30-56)77(68(49-62)57-31-15-5-16-32-57)86-72-38-22-20-36-66(72)76-73(86)44-43-65-70-50-74-69(51-75(70)87-78(65)76)64-35-19-21-37-71(64)85(74)63-33-17-6-18-34-63/h1-27,29-33,35-51,54,63H,28,34H2. The summed E-state index contributed by atoms with van der Waals surface area (Å²) in [5.74, 6) is 1.97. The Kier molecular flexibility index (Phi) is 12.1. The van der Waals surface area contributed by atoms with Crippen LogP contribution in [0.2, 0.25) is 0 Å². The third-order valence-electron chi connectivity index (χ3n) is 17.8. The number of aromatic nitrogens is 5. The molecule has 2 atom stereocenters. The van der Waals surface area contributed by atoms with Gasteiger partial charge in [0.05, 0.1) is 33.7 Å². The van der Waals surface area contributed by atoms with Gasteiger partial charge < -0.3 is 13.6 Å². The molecule has 4 heterocycles. The van der Waals surface area contributed by atoms with Crippen molar-refractivity contribution in [2.75, 3.05) is 0 Å². The van der Waals surface area contributed by atoms with Gasteiger partial charge >= 0.3 is 0 Å². The fourth-order valence-corrected chi connectivity index (χ4v) is 13.6. The molecule has 15 aromatic rings. The van der Waals surface area contributed by atoms with E-state index in [1.165, 1.54) is 27.4 Å². The molecule has 0 N–H and O–H groups in total. The maximum Gasteiger partial charge on any atom is 0.164 e. The second kappa shape index (κ2) is 20.8. The highest BCUT2D eigenvalue weighted by Crippen LogP contribution is 2.48. The van der Waals surface area contributed by atoms with E-state index in [0.717, 1.165) is 123 Å². The van der Waals surface area contributed by atoms with Crippen LogP contribution >= 0.6 is 0 Å².